The minimum absolute atomic E-state index is 0.113. The van der Waals surface area contributed by atoms with Crippen molar-refractivity contribution in [3.63, 3.8) is 0 Å². The van der Waals surface area contributed by atoms with Gasteiger partial charge >= 0.3 is 0 Å². The summed E-state index contributed by atoms with van der Waals surface area (Å²) in [6.07, 6.45) is 25.4. The number of rotatable bonds is 30. The lowest BCUT2D eigenvalue weighted by Crippen LogP contribution is -2.42. The molecular formula is C33H64O5. The summed E-state index contributed by atoms with van der Waals surface area (Å²) in [4.78, 5) is 25.7. The molecule has 5 nitrogen and oxygen atoms in total. The second-order valence-corrected chi connectivity index (χ2v) is 11.6. The van der Waals surface area contributed by atoms with Crippen LogP contribution in [0.2, 0.25) is 0 Å². The van der Waals surface area contributed by atoms with Gasteiger partial charge in [-0.05, 0) is 12.8 Å². The number of hydrogen-bond acceptors (Lipinski definition) is 5. The van der Waals surface area contributed by atoms with E-state index in [1.54, 1.807) is 0 Å². The molecule has 3 atom stereocenters. The van der Waals surface area contributed by atoms with Crippen molar-refractivity contribution in [2.45, 2.75) is 187 Å². The largest absolute Gasteiger partial charge is 0.394 e. The SMILES string of the molecule is CCCCCCCCCCCCCCC(C(=O)CCCCCCCCCCCCC)C(=O)C(O)C(O)CO. The number of aliphatic hydroxyl groups excluding tert-OH is 3. The number of carbonyl (C=O) groups excluding carboxylic acids is 2. The normalized spacial score (nSPS) is 13.9. The van der Waals surface area contributed by atoms with E-state index in [9.17, 15) is 19.8 Å². The molecule has 5 heteroatoms. The fourth-order valence-corrected chi connectivity index (χ4v) is 5.28. The first-order chi connectivity index (χ1) is 18.5. The molecule has 0 aliphatic rings. The lowest BCUT2D eigenvalue weighted by atomic mass is 9.86. The van der Waals surface area contributed by atoms with Gasteiger partial charge in [0.25, 0.3) is 0 Å². The molecule has 0 rings (SSSR count). The molecular weight excluding hydrogens is 476 g/mol. The van der Waals surface area contributed by atoms with Crippen LogP contribution in [0.4, 0.5) is 0 Å². The third-order valence-corrected chi connectivity index (χ3v) is 7.95. The maximum absolute atomic E-state index is 12.9. The van der Waals surface area contributed by atoms with E-state index >= 15 is 0 Å². The molecule has 0 aromatic carbocycles. The van der Waals surface area contributed by atoms with E-state index in [1.807, 2.05) is 0 Å². The molecule has 0 saturated heterocycles. The predicted octanol–water partition coefficient (Wildman–Crippen LogP) is 8.25. The maximum Gasteiger partial charge on any atom is 0.174 e. The molecule has 0 saturated carbocycles. The van der Waals surface area contributed by atoms with Gasteiger partial charge in [0.1, 0.15) is 18.0 Å². The van der Waals surface area contributed by atoms with Crippen molar-refractivity contribution in [1.82, 2.24) is 0 Å². The van der Waals surface area contributed by atoms with Crippen molar-refractivity contribution in [3.8, 4) is 0 Å². The third kappa shape index (κ3) is 21.1. The van der Waals surface area contributed by atoms with Gasteiger partial charge in [0.15, 0.2) is 5.78 Å². The van der Waals surface area contributed by atoms with Gasteiger partial charge in [-0.25, -0.2) is 0 Å². The van der Waals surface area contributed by atoms with Crippen LogP contribution >= 0.6 is 0 Å². The quantitative estimate of drug-likeness (QED) is 0.0630. The highest BCUT2D eigenvalue weighted by Gasteiger charge is 2.33. The zero-order chi connectivity index (χ0) is 28.3. The van der Waals surface area contributed by atoms with Gasteiger partial charge in [-0.2, -0.15) is 0 Å². The van der Waals surface area contributed by atoms with Gasteiger partial charge in [-0.3, -0.25) is 9.59 Å². The van der Waals surface area contributed by atoms with E-state index in [1.165, 1.54) is 109 Å². The molecule has 3 unspecified atom stereocenters. The first kappa shape index (κ1) is 37.2. The summed E-state index contributed by atoms with van der Waals surface area (Å²) >= 11 is 0. The Bertz CT molecular complexity index is 535. The highest BCUT2D eigenvalue weighted by molar-refractivity contribution is 6.04. The van der Waals surface area contributed by atoms with Crippen LogP contribution < -0.4 is 0 Å². The van der Waals surface area contributed by atoms with Crippen LogP contribution in [0, 0.1) is 5.92 Å². The molecule has 3 N–H and O–H groups in total. The Balaban J connectivity index is 4.20. The molecule has 0 heterocycles. The van der Waals surface area contributed by atoms with Crippen molar-refractivity contribution in [2.24, 2.45) is 5.92 Å². The van der Waals surface area contributed by atoms with Gasteiger partial charge in [-0.1, -0.05) is 155 Å². The molecule has 226 valence electrons. The molecule has 0 fully saturated rings. The van der Waals surface area contributed by atoms with Crippen LogP contribution in [0.25, 0.3) is 0 Å². The predicted molar refractivity (Wildman–Crippen MR) is 159 cm³/mol. The topological polar surface area (TPSA) is 94.8 Å². The lowest BCUT2D eigenvalue weighted by Gasteiger charge is -2.21. The second kappa shape index (κ2) is 27.8. The van der Waals surface area contributed by atoms with Crippen molar-refractivity contribution in [1.29, 1.82) is 0 Å². The molecule has 0 aliphatic carbocycles. The Morgan fingerprint density at radius 3 is 1.24 bits per heavy atom. The van der Waals surface area contributed by atoms with Crippen molar-refractivity contribution < 1.29 is 24.9 Å². The number of aliphatic hydroxyl groups is 3. The van der Waals surface area contributed by atoms with E-state index in [2.05, 4.69) is 13.8 Å². The van der Waals surface area contributed by atoms with Gasteiger partial charge in [0.2, 0.25) is 0 Å². The Labute approximate surface area is 235 Å². The zero-order valence-electron chi connectivity index (χ0n) is 25.3. The number of hydrogen-bond donors (Lipinski definition) is 3. The summed E-state index contributed by atoms with van der Waals surface area (Å²) in [6, 6.07) is 0. The highest BCUT2D eigenvalue weighted by atomic mass is 16.4. The standard InChI is InChI=1S/C33H64O5/c1-3-5-7-9-11-13-15-17-18-20-22-24-26-29(32(37)33(38)31(36)28-34)30(35)27-25-23-21-19-16-14-12-10-8-6-4-2/h29,31,33-34,36,38H,3-28H2,1-2H3. The fourth-order valence-electron chi connectivity index (χ4n) is 5.28. The summed E-state index contributed by atoms with van der Waals surface area (Å²) < 4.78 is 0. The van der Waals surface area contributed by atoms with Gasteiger partial charge in [0.05, 0.1) is 12.5 Å². The van der Waals surface area contributed by atoms with Gasteiger partial charge in [-0.15, -0.1) is 0 Å². The van der Waals surface area contributed by atoms with Crippen LogP contribution in [0.3, 0.4) is 0 Å². The Hall–Kier alpha value is -0.780. The van der Waals surface area contributed by atoms with Crippen molar-refractivity contribution >= 4 is 11.6 Å². The summed E-state index contributed by atoms with van der Waals surface area (Å²) in [5.41, 5.74) is 0. The zero-order valence-corrected chi connectivity index (χ0v) is 25.3. The van der Waals surface area contributed by atoms with Crippen molar-refractivity contribution in [2.75, 3.05) is 6.61 Å². The fraction of sp³-hybridized carbons (Fsp3) is 0.939. The summed E-state index contributed by atoms with van der Waals surface area (Å²) in [7, 11) is 0. The molecule has 38 heavy (non-hydrogen) atoms. The molecule has 0 aliphatic heterocycles. The number of Topliss-reactive ketones (excluding diaryl/α,β-unsaturated/α-hetero) is 2. The first-order valence-electron chi connectivity index (χ1n) is 16.5. The smallest absolute Gasteiger partial charge is 0.174 e. The Morgan fingerprint density at radius 1 is 0.526 bits per heavy atom. The van der Waals surface area contributed by atoms with Crippen molar-refractivity contribution in [3.05, 3.63) is 0 Å². The maximum atomic E-state index is 12.9. The average Bonchev–Trinajstić information content (AvgIpc) is 2.93. The van der Waals surface area contributed by atoms with Crippen LogP contribution in [-0.2, 0) is 9.59 Å². The van der Waals surface area contributed by atoms with E-state index in [-0.39, 0.29) is 5.78 Å². The molecule has 0 spiro atoms. The average molecular weight is 541 g/mol. The van der Waals surface area contributed by atoms with Crippen LogP contribution in [0.5, 0.6) is 0 Å². The van der Waals surface area contributed by atoms with E-state index in [0.717, 1.165) is 38.5 Å². The Morgan fingerprint density at radius 2 is 0.868 bits per heavy atom. The number of carbonyl (C=O) groups is 2. The summed E-state index contributed by atoms with van der Waals surface area (Å²) in [6.45, 7) is 3.79. The van der Waals surface area contributed by atoms with Gasteiger partial charge < -0.3 is 15.3 Å². The third-order valence-electron chi connectivity index (χ3n) is 7.95. The van der Waals surface area contributed by atoms with Crippen LogP contribution in [0.15, 0.2) is 0 Å². The summed E-state index contributed by atoms with van der Waals surface area (Å²) in [5.74, 6) is -1.60. The van der Waals surface area contributed by atoms with E-state index < -0.39 is 30.5 Å². The minimum atomic E-state index is -1.69. The van der Waals surface area contributed by atoms with E-state index in [4.69, 9.17) is 5.11 Å². The highest BCUT2D eigenvalue weighted by Crippen LogP contribution is 2.21. The van der Waals surface area contributed by atoms with E-state index in [0.29, 0.717) is 12.8 Å². The second-order valence-electron chi connectivity index (χ2n) is 11.6. The molecule has 0 radical (unpaired) electrons. The number of unbranched alkanes of at least 4 members (excludes halogenated alkanes) is 21. The van der Waals surface area contributed by atoms with Crippen LogP contribution in [0.1, 0.15) is 174 Å². The number of ketones is 2. The minimum Gasteiger partial charge on any atom is -0.394 e. The van der Waals surface area contributed by atoms with Gasteiger partial charge in [0, 0.05) is 6.42 Å². The Kier molecular flexibility index (Phi) is 27.2. The molecule has 0 bridgehead atoms. The summed E-state index contributed by atoms with van der Waals surface area (Å²) in [5, 5.41) is 29.0. The molecule has 0 aromatic heterocycles. The molecule has 0 aromatic rings. The molecule has 0 amide bonds. The lowest BCUT2D eigenvalue weighted by molar-refractivity contribution is -0.144. The first-order valence-corrected chi connectivity index (χ1v) is 16.5. The monoisotopic (exact) mass is 540 g/mol. The van der Waals surface area contributed by atoms with Crippen LogP contribution in [-0.4, -0.2) is 45.7 Å².